The lowest BCUT2D eigenvalue weighted by Gasteiger charge is -2.26. The molecule has 0 fully saturated rings. The highest BCUT2D eigenvalue weighted by Gasteiger charge is 2.30. The molecule has 0 saturated heterocycles. The molecule has 1 atom stereocenters. The van der Waals surface area contributed by atoms with Crippen molar-refractivity contribution in [3.8, 4) is 16.8 Å². The molecule has 1 unspecified atom stereocenters. The van der Waals surface area contributed by atoms with Gasteiger partial charge < -0.3 is 9.47 Å². The van der Waals surface area contributed by atoms with E-state index in [0.29, 0.717) is 5.69 Å². The Bertz CT molecular complexity index is 957. The van der Waals surface area contributed by atoms with E-state index in [4.69, 9.17) is 0 Å². The number of rotatable bonds is 2. The van der Waals surface area contributed by atoms with Crippen molar-refractivity contribution in [3.63, 3.8) is 0 Å². The minimum Gasteiger partial charge on any atom is -0.333 e. The molecule has 4 nitrogen and oxygen atoms in total. The predicted octanol–water partition coefficient (Wildman–Crippen LogP) is 4.38. The van der Waals surface area contributed by atoms with Crippen molar-refractivity contribution in [2.75, 3.05) is 7.05 Å². The molecule has 0 radical (unpaired) electrons. The predicted molar refractivity (Wildman–Crippen MR) is 98.9 cm³/mol. The molecule has 1 aliphatic rings. The molecule has 4 heteroatoms. The van der Waals surface area contributed by atoms with Gasteiger partial charge in [0.15, 0.2) is 0 Å². The third-order valence-corrected chi connectivity index (χ3v) is 5.11. The number of pyridine rings is 1. The molecule has 0 saturated carbocycles. The summed E-state index contributed by atoms with van der Waals surface area (Å²) < 4.78 is 2.01. The van der Waals surface area contributed by atoms with Crippen molar-refractivity contribution < 1.29 is 4.79 Å². The topological polar surface area (TPSA) is 38.1 Å². The van der Waals surface area contributed by atoms with Crippen LogP contribution in [0.15, 0.2) is 54.9 Å². The van der Waals surface area contributed by atoms with Crippen LogP contribution in [0.1, 0.15) is 41.1 Å². The number of carbonyl (C=O) groups is 1. The van der Waals surface area contributed by atoms with Crippen molar-refractivity contribution in [1.29, 1.82) is 0 Å². The Kier molecular flexibility index (Phi) is 3.68. The molecule has 1 aromatic carbocycles. The minimum absolute atomic E-state index is 0.0622. The summed E-state index contributed by atoms with van der Waals surface area (Å²) in [6.45, 7) is 4.15. The van der Waals surface area contributed by atoms with Gasteiger partial charge in [-0.05, 0) is 48.7 Å². The number of hydrogen-bond donors (Lipinski definition) is 0. The van der Waals surface area contributed by atoms with Gasteiger partial charge in [-0.25, -0.2) is 0 Å². The number of carbonyl (C=O) groups excluding carboxylic acids is 1. The third kappa shape index (κ3) is 2.37. The molecule has 0 aliphatic carbocycles. The van der Waals surface area contributed by atoms with Crippen LogP contribution in [0.2, 0.25) is 0 Å². The molecule has 4 rings (SSSR count). The molecule has 3 heterocycles. The number of benzene rings is 1. The first kappa shape index (κ1) is 15.6. The average molecular weight is 331 g/mol. The van der Waals surface area contributed by atoms with Gasteiger partial charge >= 0.3 is 0 Å². The molecule has 0 N–H and O–H groups in total. The average Bonchev–Trinajstić information content (AvgIpc) is 3.09. The second-order valence-electron chi connectivity index (χ2n) is 6.51. The molecule has 1 amide bonds. The maximum absolute atomic E-state index is 12.8. The molecular weight excluding hydrogens is 310 g/mol. The lowest BCUT2D eigenvalue weighted by Crippen LogP contribution is -2.29. The second kappa shape index (κ2) is 5.88. The fraction of sp³-hybridized carbons (Fsp3) is 0.238. The Morgan fingerprint density at radius 3 is 2.76 bits per heavy atom. The highest BCUT2D eigenvalue weighted by atomic mass is 16.2. The number of hydrogen-bond acceptors (Lipinski definition) is 2. The Hall–Kier alpha value is -2.88. The monoisotopic (exact) mass is 331 g/mol. The van der Waals surface area contributed by atoms with Crippen LogP contribution >= 0.6 is 0 Å². The first-order valence-electron chi connectivity index (χ1n) is 8.62. The molecule has 3 aromatic rings. The van der Waals surface area contributed by atoms with Crippen molar-refractivity contribution in [1.82, 2.24) is 14.5 Å². The fourth-order valence-corrected chi connectivity index (χ4v) is 3.78. The quantitative estimate of drug-likeness (QED) is 0.699. The first-order chi connectivity index (χ1) is 12.1. The van der Waals surface area contributed by atoms with Gasteiger partial charge in [0.2, 0.25) is 0 Å². The summed E-state index contributed by atoms with van der Waals surface area (Å²) in [7, 11) is 1.89. The van der Waals surface area contributed by atoms with Crippen LogP contribution in [0.3, 0.4) is 0 Å². The Morgan fingerprint density at radius 1 is 1.16 bits per heavy atom. The Labute approximate surface area is 147 Å². The van der Waals surface area contributed by atoms with Gasteiger partial charge in [-0.1, -0.05) is 25.1 Å². The van der Waals surface area contributed by atoms with E-state index in [-0.39, 0.29) is 11.9 Å². The molecule has 0 spiro atoms. The van der Waals surface area contributed by atoms with Crippen LogP contribution in [0.25, 0.3) is 16.8 Å². The first-order valence-corrected chi connectivity index (χ1v) is 8.62. The van der Waals surface area contributed by atoms with Gasteiger partial charge in [0, 0.05) is 30.7 Å². The van der Waals surface area contributed by atoms with Crippen molar-refractivity contribution in [2.45, 2.75) is 26.3 Å². The highest BCUT2D eigenvalue weighted by molar-refractivity contribution is 5.94. The van der Waals surface area contributed by atoms with Crippen LogP contribution in [0, 0.1) is 6.92 Å². The van der Waals surface area contributed by atoms with Crippen molar-refractivity contribution in [2.24, 2.45) is 0 Å². The van der Waals surface area contributed by atoms with Crippen LogP contribution in [0.5, 0.6) is 0 Å². The molecular formula is C21H21N3O. The molecule has 0 bridgehead atoms. The Morgan fingerprint density at radius 2 is 2.00 bits per heavy atom. The minimum atomic E-state index is 0.0622. The molecule has 1 aliphatic heterocycles. The largest absolute Gasteiger partial charge is 0.333 e. The van der Waals surface area contributed by atoms with Crippen LogP contribution in [0.4, 0.5) is 0 Å². The van der Waals surface area contributed by atoms with E-state index >= 15 is 0 Å². The lowest BCUT2D eigenvalue weighted by molar-refractivity contribution is 0.0725. The standard InChI is InChI=1S/C21H21N3O/c1-4-18-17-10-9-15(16-7-5-11-22-14(16)2)13-20(17)24-12-6-8-19(24)21(25)23(18)3/h5-13,18H,4H2,1-3H3. The zero-order chi connectivity index (χ0) is 17.6. The molecule has 25 heavy (non-hydrogen) atoms. The van der Waals surface area contributed by atoms with E-state index in [9.17, 15) is 4.79 Å². The van der Waals surface area contributed by atoms with E-state index in [0.717, 1.165) is 28.9 Å². The van der Waals surface area contributed by atoms with Crippen LogP contribution in [-0.4, -0.2) is 27.4 Å². The smallest absolute Gasteiger partial charge is 0.271 e. The van der Waals surface area contributed by atoms with E-state index in [1.807, 2.05) is 54.0 Å². The summed E-state index contributed by atoms with van der Waals surface area (Å²) in [6, 6.07) is 14.4. The van der Waals surface area contributed by atoms with Crippen LogP contribution in [-0.2, 0) is 0 Å². The number of nitrogens with zero attached hydrogens (tertiary/aromatic N) is 3. The normalized spacial score (nSPS) is 16.4. The lowest BCUT2D eigenvalue weighted by atomic mass is 9.96. The Balaban J connectivity index is 1.97. The number of amides is 1. The van der Waals surface area contributed by atoms with Gasteiger partial charge in [0.1, 0.15) is 5.69 Å². The van der Waals surface area contributed by atoms with Gasteiger partial charge in [-0.2, -0.15) is 0 Å². The summed E-state index contributed by atoms with van der Waals surface area (Å²) in [5, 5.41) is 0. The zero-order valence-electron chi connectivity index (χ0n) is 14.7. The molecule has 126 valence electrons. The third-order valence-electron chi connectivity index (χ3n) is 5.11. The van der Waals surface area contributed by atoms with Crippen molar-refractivity contribution in [3.05, 3.63) is 71.8 Å². The summed E-state index contributed by atoms with van der Waals surface area (Å²) in [5.74, 6) is 0.0622. The van der Waals surface area contributed by atoms with Crippen molar-refractivity contribution >= 4 is 5.91 Å². The summed E-state index contributed by atoms with van der Waals surface area (Å²) in [6.07, 6.45) is 4.66. The van der Waals surface area contributed by atoms with Gasteiger partial charge in [0.25, 0.3) is 5.91 Å². The maximum atomic E-state index is 12.8. The fourth-order valence-electron chi connectivity index (χ4n) is 3.78. The maximum Gasteiger partial charge on any atom is 0.271 e. The summed E-state index contributed by atoms with van der Waals surface area (Å²) in [4.78, 5) is 19.1. The number of fused-ring (bicyclic) bond motifs is 3. The van der Waals surface area contributed by atoms with E-state index in [1.54, 1.807) is 0 Å². The zero-order valence-corrected chi connectivity index (χ0v) is 14.7. The van der Waals surface area contributed by atoms with Gasteiger partial charge in [0.05, 0.1) is 11.7 Å². The SMILES string of the molecule is CCC1c2ccc(-c3cccnc3C)cc2-n2cccc2C(=O)N1C. The number of aryl methyl sites for hydroxylation is 1. The van der Waals surface area contributed by atoms with Gasteiger partial charge in [-0.15, -0.1) is 0 Å². The van der Waals surface area contributed by atoms with E-state index in [1.165, 1.54) is 5.56 Å². The molecule has 2 aromatic heterocycles. The highest BCUT2D eigenvalue weighted by Crippen LogP contribution is 2.36. The number of aromatic nitrogens is 2. The van der Waals surface area contributed by atoms with Crippen LogP contribution < -0.4 is 0 Å². The van der Waals surface area contributed by atoms with E-state index in [2.05, 4.69) is 36.2 Å². The summed E-state index contributed by atoms with van der Waals surface area (Å²) >= 11 is 0. The summed E-state index contributed by atoms with van der Waals surface area (Å²) in [5.41, 5.74) is 6.21. The second-order valence-corrected chi connectivity index (χ2v) is 6.51. The van der Waals surface area contributed by atoms with E-state index < -0.39 is 0 Å². The van der Waals surface area contributed by atoms with Gasteiger partial charge in [-0.3, -0.25) is 9.78 Å².